The van der Waals surface area contributed by atoms with E-state index in [9.17, 15) is 4.79 Å². The normalized spacial score (nSPS) is 17.1. The molecule has 0 aromatic heterocycles. The standard InChI is InChI=1S/C22H27NO3S/c1-22(2,3)16-11-9-15(10-12-16)20(24)23-13-14-27-21(23)17-7-6-8-18(25-4)19(17)26-5/h6-12,21H,13-14H2,1-5H3. The highest BCUT2D eigenvalue weighted by atomic mass is 32.2. The summed E-state index contributed by atoms with van der Waals surface area (Å²) in [6.07, 6.45) is 0. The van der Waals surface area contributed by atoms with Crippen molar-refractivity contribution in [3.05, 3.63) is 59.2 Å². The van der Waals surface area contributed by atoms with Gasteiger partial charge in [0, 0.05) is 23.4 Å². The fourth-order valence-corrected chi connectivity index (χ4v) is 4.59. The van der Waals surface area contributed by atoms with Gasteiger partial charge < -0.3 is 14.4 Å². The van der Waals surface area contributed by atoms with Gasteiger partial charge in [-0.15, -0.1) is 11.8 Å². The van der Waals surface area contributed by atoms with Gasteiger partial charge in [-0.2, -0.15) is 0 Å². The number of hydrogen-bond acceptors (Lipinski definition) is 4. The summed E-state index contributed by atoms with van der Waals surface area (Å²) >= 11 is 1.75. The molecule has 1 atom stereocenters. The average molecular weight is 386 g/mol. The van der Waals surface area contributed by atoms with Gasteiger partial charge in [0.05, 0.1) is 14.2 Å². The lowest BCUT2D eigenvalue weighted by molar-refractivity contribution is 0.0759. The largest absolute Gasteiger partial charge is 0.493 e. The number of methoxy groups -OCH3 is 2. The van der Waals surface area contributed by atoms with E-state index < -0.39 is 0 Å². The molecule has 2 aromatic carbocycles. The molecule has 1 aliphatic heterocycles. The van der Waals surface area contributed by atoms with Gasteiger partial charge in [-0.05, 0) is 29.2 Å². The van der Waals surface area contributed by atoms with Crippen molar-refractivity contribution in [3.63, 3.8) is 0 Å². The van der Waals surface area contributed by atoms with E-state index in [4.69, 9.17) is 9.47 Å². The molecule has 1 unspecified atom stereocenters. The molecular formula is C22H27NO3S. The van der Waals surface area contributed by atoms with Gasteiger partial charge in [0.25, 0.3) is 5.91 Å². The molecular weight excluding hydrogens is 358 g/mol. The predicted octanol–water partition coefficient (Wildman–Crippen LogP) is 4.89. The first-order valence-electron chi connectivity index (χ1n) is 9.11. The molecule has 27 heavy (non-hydrogen) atoms. The molecule has 1 heterocycles. The molecule has 4 nitrogen and oxygen atoms in total. The summed E-state index contributed by atoms with van der Waals surface area (Å²) in [5, 5.41) is -0.0788. The van der Waals surface area contributed by atoms with E-state index in [-0.39, 0.29) is 16.7 Å². The number of rotatable bonds is 4. The number of thioether (sulfide) groups is 1. The molecule has 0 saturated carbocycles. The van der Waals surface area contributed by atoms with Gasteiger partial charge in [-0.3, -0.25) is 4.79 Å². The smallest absolute Gasteiger partial charge is 0.255 e. The molecule has 2 aromatic rings. The third-order valence-electron chi connectivity index (χ3n) is 4.85. The van der Waals surface area contributed by atoms with Crippen LogP contribution in [-0.4, -0.2) is 37.3 Å². The van der Waals surface area contributed by atoms with Gasteiger partial charge in [-0.25, -0.2) is 0 Å². The summed E-state index contributed by atoms with van der Waals surface area (Å²) in [6.45, 7) is 7.24. The first-order valence-corrected chi connectivity index (χ1v) is 10.2. The topological polar surface area (TPSA) is 38.8 Å². The third-order valence-corrected chi connectivity index (χ3v) is 6.09. The van der Waals surface area contributed by atoms with Gasteiger partial charge in [0.1, 0.15) is 5.37 Å². The third kappa shape index (κ3) is 3.93. The van der Waals surface area contributed by atoms with E-state index in [1.54, 1.807) is 26.0 Å². The molecule has 0 spiro atoms. The predicted molar refractivity (Wildman–Crippen MR) is 111 cm³/mol. The number of benzene rings is 2. The van der Waals surface area contributed by atoms with Crippen molar-refractivity contribution in [3.8, 4) is 11.5 Å². The molecule has 0 aliphatic carbocycles. The first-order chi connectivity index (χ1) is 12.9. The first kappa shape index (κ1) is 19.6. The zero-order chi connectivity index (χ0) is 19.6. The van der Waals surface area contributed by atoms with E-state index in [0.717, 1.165) is 23.4 Å². The van der Waals surface area contributed by atoms with E-state index in [0.29, 0.717) is 11.5 Å². The SMILES string of the molecule is COc1cccc(C2SCCN2C(=O)c2ccc(C(C)(C)C)cc2)c1OC. The Morgan fingerprint density at radius 1 is 1.07 bits per heavy atom. The summed E-state index contributed by atoms with van der Waals surface area (Å²) in [4.78, 5) is 15.1. The minimum atomic E-state index is -0.0788. The number of para-hydroxylation sites is 1. The van der Waals surface area contributed by atoms with Gasteiger partial charge in [0.15, 0.2) is 11.5 Å². The van der Waals surface area contributed by atoms with Crippen LogP contribution in [0.5, 0.6) is 11.5 Å². The monoisotopic (exact) mass is 385 g/mol. The highest BCUT2D eigenvalue weighted by molar-refractivity contribution is 7.99. The molecule has 0 N–H and O–H groups in total. The fourth-order valence-electron chi connectivity index (χ4n) is 3.32. The highest BCUT2D eigenvalue weighted by Gasteiger charge is 2.34. The van der Waals surface area contributed by atoms with Crippen LogP contribution in [0.4, 0.5) is 0 Å². The Bertz CT molecular complexity index is 811. The summed E-state index contributed by atoms with van der Waals surface area (Å²) < 4.78 is 11.0. The Hall–Kier alpha value is -2.14. The van der Waals surface area contributed by atoms with Crippen LogP contribution in [0.25, 0.3) is 0 Å². The van der Waals surface area contributed by atoms with Gasteiger partial charge in [0.2, 0.25) is 0 Å². The highest BCUT2D eigenvalue weighted by Crippen LogP contribution is 2.45. The van der Waals surface area contributed by atoms with E-state index >= 15 is 0 Å². The summed E-state index contributed by atoms with van der Waals surface area (Å²) in [6, 6.07) is 13.8. The van der Waals surface area contributed by atoms with Crippen LogP contribution in [0.3, 0.4) is 0 Å². The molecule has 0 radical (unpaired) electrons. The van der Waals surface area contributed by atoms with Crippen molar-refractivity contribution in [1.82, 2.24) is 4.90 Å². The van der Waals surface area contributed by atoms with Crippen LogP contribution in [0.2, 0.25) is 0 Å². The maximum absolute atomic E-state index is 13.2. The second-order valence-electron chi connectivity index (χ2n) is 7.63. The maximum atomic E-state index is 13.2. The van der Waals surface area contributed by atoms with Crippen LogP contribution in [0, 0.1) is 0 Å². The van der Waals surface area contributed by atoms with Crippen molar-refractivity contribution in [2.24, 2.45) is 0 Å². The molecule has 144 valence electrons. The Balaban J connectivity index is 1.90. The maximum Gasteiger partial charge on any atom is 0.255 e. The number of carbonyl (C=O) groups excluding carboxylic acids is 1. The Morgan fingerprint density at radius 2 is 1.78 bits per heavy atom. The van der Waals surface area contributed by atoms with Crippen molar-refractivity contribution in [1.29, 1.82) is 0 Å². The number of ether oxygens (including phenoxy) is 2. The summed E-state index contributed by atoms with van der Waals surface area (Å²) in [5.41, 5.74) is 2.99. The average Bonchev–Trinajstić information content (AvgIpc) is 3.15. The minimum Gasteiger partial charge on any atom is -0.493 e. The summed E-state index contributed by atoms with van der Waals surface area (Å²) in [5.74, 6) is 2.33. The zero-order valence-corrected chi connectivity index (χ0v) is 17.4. The Labute approximate surface area is 165 Å². The summed E-state index contributed by atoms with van der Waals surface area (Å²) in [7, 11) is 3.27. The van der Waals surface area contributed by atoms with Crippen molar-refractivity contribution in [2.75, 3.05) is 26.5 Å². The van der Waals surface area contributed by atoms with Gasteiger partial charge in [-0.1, -0.05) is 45.0 Å². The van der Waals surface area contributed by atoms with Crippen LogP contribution in [0.15, 0.2) is 42.5 Å². The minimum absolute atomic E-state index is 0.0512. The molecule has 5 heteroatoms. The zero-order valence-electron chi connectivity index (χ0n) is 16.6. The Kier molecular flexibility index (Phi) is 5.70. The fraction of sp³-hybridized carbons (Fsp3) is 0.409. The van der Waals surface area contributed by atoms with E-state index in [2.05, 4.69) is 32.9 Å². The van der Waals surface area contributed by atoms with E-state index in [1.165, 1.54) is 5.56 Å². The lowest BCUT2D eigenvalue weighted by Crippen LogP contribution is -2.30. The molecule has 1 amide bonds. The van der Waals surface area contributed by atoms with Crippen molar-refractivity contribution >= 4 is 17.7 Å². The van der Waals surface area contributed by atoms with Crippen LogP contribution >= 0.6 is 11.8 Å². The molecule has 3 rings (SSSR count). The molecule has 1 fully saturated rings. The van der Waals surface area contributed by atoms with Crippen LogP contribution < -0.4 is 9.47 Å². The van der Waals surface area contributed by atoms with Crippen molar-refractivity contribution in [2.45, 2.75) is 31.6 Å². The number of nitrogens with zero attached hydrogens (tertiary/aromatic N) is 1. The quantitative estimate of drug-likeness (QED) is 0.751. The lowest BCUT2D eigenvalue weighted by atomic mass is 9.86. The second-order valence-corrected chi connectivity index (χ2v) is 8.82. The molecule has 0 bridgehead atoms. The molecule has 1 saturated heterocycles. The number of hydrogen-bond donors (Lipinski definition) is 0. The van der Waals surface area contributed by atoms with Crippen LogP contribution in [-0.2, 0) is 5.41 Å². The molecule has 1 aliphatic rings. The number of carbonyl (C=O) groups is 1. The second kappa shape index (κ2) is 7.85. The number of amides is 1. The van der Waals surface area contributed by atoms with Crippen LogP contribution in [0.1, 0.15) is 47.6 Å². The van der Waals surface area contributed by atoms with Gasteiger partial charge >= 0.3 is 0 Å². The van der Waals surface area contributed by atoms with Crippen molar-refractivity contribution < 1.29 is 14.3 Å². The lowest BCUT2D eigenvalue weighted by Gasteiger charge is -2.26. The Morgan fingerprint density at radius 3 is 2.37 bits per heavy atom. The van der Waals surface area contributed by atoms with E-state index in [1.807, 2.05) is 35.2 Å².